The van der Waals surface area contributed by atoms with Crippen molar-refractivity contribution in [2.24, 2.45) is 5.92 Å². The van der Waals surface area contributed by atoms with E-state index in [2.05, 4.69) is 10.6 Å². The SMILES string of the molecule is CN1C(=O)c2cc(NC(=O)C3CCC3)ccc2OC[C@H]2O[C@@H](CC(=O)NCc3ccccc3F)CC[C@@H]21. The summed E-state index contributed by atoms with van der Waals surface area (Å²) in [6.07, 6.45) is 3.58. The van der Waals surface area contributed by atoms with Gasteiger partial charge in [0.25, 0.3) is 5.91 Å². The van der Waals surface area contributed by atoms with Gasteiger partial charge in [0.05, 0.1) is 24.1 Å². The smallest absolute Gasteiger partial charge is 0.257 e. The lowest BCUT2D eigenvalue weighted by Crippen LogP contribution is -2.53. The maximum Gasteiger partial charge on any atom is 0.257 e. The second-order valence-corrected chi connectivity index (χ2v) is 10.1. The molecule has 1 saturated carbocycles. The average Bonchev–Trinajstić information content (AvgIpc) is 2.85. The number of hydrogen-bond acceptors (Lipinski definition) is 5. The van der Waals surface area contributed by atoms with Gasteiger partial charge in [-0.3, -0.25) is 14.4 Å². The topological polar surface area (TPSA) is 97.0 Å². The molecule has 1 saturated heterocycles. The molecule has 8 nitrogen and oxygen atoms in total. The number of carbonyl (C=O) groups is 3. The first-order chi connectivity index (χ1) is 17.9. The van der Waals surface area contributed by atoms with Crippen molar-refractivity contribution in [2.45, 2.75) is 63.3 Å². The van der Waals surface area contributed by atoms with Gasteiger partial charge in [-0.1, -0.05) is 24.6 Å². The molecule has 2 heterocycles. The summed E-state index contributed by atoms with van der Waals surface area (Å²) in [6.45, 7) is 0.348. The van der Waals surface area contributed by atoms with Gasteiger partial charge < -0.3 is 25.0 Å². The normalized spacial score (nSPS) is 23.5. The van der Waals surface area contributed by atoms with Crippen molar-refractivity contribution in [1.82, 2.24) is 10.2 Å². The minimum absolute atomic E-state index is 0.0107. The molecule has 3 amide bonds. The number of anilines is 1. The van der Waals surface area contributed by atoms with Crippen LogP contribution in [0.3, 0.4) is 0 Å². The Morgan fingerprint density at radius 3 is 2.68 bits per heavy atom. The third-order valence-electron chi connectivity index (χ3n) is 7.60. The number of benzene rings is 2. The zero-order valence-corrected chi connectivity index (χ0v) is 20.9. The van der Waals surface area contributed by atoms with Crippen LogP contribution in [0.25, 0.3) is 0 Å². The Bertz CT molecular complexity index is 1180. The van der Waals surface area contributed by atoms with Gasteiger partial charge in [-0.25, -0.2) is 4.39 Å². The number of hydrogen-bond donors (Lipinski definition) is 2. The second kappa shape index (κ2) is 10.9. The van der Waals surface area contributed by atoms with E-state index in [9.17, 15) is 18.8 Å². The van der Waals surface area contributed by atoms with Gasteiger partial charge in [-0.05, 0) is 49.9 Å². The van der Waals surface area contributed by atoms with Crippen LogP contribution in [0.4, 0.5) is 10.1 Å². The number of rotatable bonds is 6. The van der Waals surface area contributed by atoms with Crippen molar-refractivity contribution in [3.05, 3.63) is 59.4 Å². The molecule has 0 unspecified atom stereocenters. The van der Waals surface area contributed by atoms with E-state index in [0.717, 1.165) is 19.3 Å². The van der Waals surface area contributed by atoms with Crippen LogP contribution < -0.4 is 15.4 Å². The molecular weight excluding hydrogens is 477 g/mol. The molecule has 1 aliphatic carbocycles. The highest BCUT2D eigenvalue weighted by Gasteiger charge is 2.39. The van der Waals surface area contributed by atoms with E-state index in [1.165, 1.54) is 6.07 Å². The second-order valence-electron chi connectivity index (χ2n) is 10.1. The largest absolute Gasteiger partial charge is 0.490 e. The van der Waals surface area contributed by atoms with Gasteiger partial charge in [0.1, 0.15) is 24.3 Å². The van der Waals surface area contributed by atoms with Crippen molar-refractivity contribution in [3.63, 3.8) is 0 Å². The summed E-state index contributed by atoms with van der Waals surface area (Å²) in [7, 11) is 1.75. The van der Waals surface area contributed by atoms with E-state index in [-0.39, 0.29) is 61.2 Å². The highest BCUT2D eigenvalue weighted by Crippen LogP contribution is 2.33. The lowest BCUT2D eigenvalue weighted by atomic mass is 9.85. The molecule has 2 aliphatic heterocycles. The molecule has 5 rings (SSSR count). The van der Waals surface area contributed by atoms with Gasteiger partial charge in [-0.2, -0.15) is 0 Å². The number of nitrogens with zero attached hydrogens (tertiary/aromatic N) is 1. The molecule has 3 atom stereocenters. The minimum atomic E-state index is -0.391. The first-order valence-electron chi connectivity index (χ1n) is 12.9. The molecule has 0 spiro atoms. The summed E-state index contributed by atoms with van der Waals surface area (Å²) in [5.41, 5.74) is 1.42. The van der Waals surface area contributed by atoms with Crippen molar-refractivity contribution < 1.29 is 28.2 Å². The van der Waals surface area contributed by atoms with Crippen molar-refractivity contribution in [2.75, 3.05) is 19.0 Å². The maximum absolute atomic E-state index is 13.8. The van der Waals surface area contributed by atoms with E-state index in [1.54, 1.807) is 48.3 Å². The summed E-state index contributed by atoms with van der Waals surface area (Å²) in [5, 5.41) is 5.68. The summed E-state index contributed by atoms with van der Waals surface area (Å²) < 4.78 is 26.0. The molecule has 2 aromatic rings. The molecule has 2 N–H and O–H groups in total. The predicted octanol–water partition coefficient (Wildman–Crippen LogP) is 3.65. The fourth-order valence-corrected chi connectivity index (χ4v) is 5.13. The lowest BCUT2D eigenvalue weighted by molar-refractivity contribution is -0.134. The van der Waals surface area contributed by atoms with Gasteiger partial charge in [0.2, 0.25) is 11.8 Å². The average molecular weight is 510 g/mol. The van der Waals surface area contributed by atoms with E-state index in [0.29, 0.717) is 35.4 Å². The molecule has 9 heteroatoms. The monoisotopic (exact) mass is 509 g/mol. The number of carbonyl (C=O) groups excluding carboxylic acids is 3. The molecule has 2 fully saturated rings. The molecule has 3 aliphatic rings. The third kappa shape index (κ3) is 5.61. The molecule has 0 radical (unpaired) electrons. The van der Waals surface area contributed by atoms with Gasteiger partial charge in [0.15, 0.2) is 0 Å². The van der Waals surface area contributed by atoms with Gasteiger partial charge >= 0.3 is 0 Å². The number of likely N-dealkylation sites (N-methyl/N-ethyl adjacent to an activating group) is 1. The van der Waals surface area contributed by atoms with E-state index < -0.39 is 6.10 Å². The summed E-state index contributed by atoms with van der Waals surface area (Å²) in [4.78, 5) is 39.9. The molecule has 0 bridgehead atoms. The van der Waals surface area contributed by atoms with Crippen LogP contribution in [0.5, 0.6) is 5.75 Å². The highest BCUT2D eigenvalue weighted by atomic mass is 19.1. The van der Waals surface area contributed by atoms with Crippen LogP contribution in [0.15, 0.2) is 42.5 Å². The van der Waals surface area contributed by atoms with Crippen LogP contribution in [0.2, 0.25) is 0 Å². The number of nitrogens with one attached hydrogen (secondary N) is 2. The quantitative estimate of drug-likeness (QED) is 0.620. The van der Waals surface area contributed by atoms with E-state index in [1.807, 2.05) is 0 Å². The molecule has 37 heavy (non-hydrogen) atoms. The van der Waals surface area contributed by atoms with Crippen molar-refractivity contribution >= 4 is 23.4 Å². The van der Waals surface area contributed by atoms with Crippen LogP contribution in [0.1, 0.15) is 54.4 Å². The Morgan fingerprint density at radius 1 is 1.11 bits per heavy atom. The highest BCUT2D eigenvalue weighted by molar-refractivity contribution is 6.00. The minimum Gasteiger partial charge on any atom is -0.490 e. The summed E-state index contributed by atoms with van der Waals surface area (Å²) in [5.74, 6) is -0.300. The Balaban J connectivity index is 1.20. The molecule has 0 aromatic heterocycles. The number of fused-ring (bicyclic) bond motifs is 2. The number of ether oxygens (including phenoxy) is 2. The van der Waals surface area contributed by atoms with Crippen LogP contribution >= 0.6 is 0 Å². The first-order valence-corrected chi connectivity index (χ1v) is 12.9. The van der Waals surface area contributed by atoms with E-state index >= 15 is 0 Å². The Labute approximate surface area is 215 Å². The van der Waals surface area contributed by atoms with Crippen molar-refractivity contribution in [1.29, 1.82) is 0 Å². The van der Waals surface area contributed by atoms with Crippen LogP contribution in [0, 0.1) is 11.7 Å². The Morgan fingerprint density at radius 2 is 1.92 bits per heavy atom. The van der Waals surface area contributed by atoms with Gasteiger partial charge in [0, 0.05) is 30.8 Å². The lowest BCUT2D eigenvalue weighted by Gasteiger charge is -2.42. The third-order valence-corrected chi connectivity index (χ3v) is 7.60. The van der Waals surface area contributed by atoms with Crippen molar-refractivity contribution in [3.8, 4) is 5.75 Å². The molecule has 2 aromatic carbocycles. The summed E-state index contributed by atoms with van der Waals surface area (Å²) >= 11 is 0. The number of amides is 3. The fraction of sp³-hybridized carbons (Fsp3) is 0.464. The zero-order valence-electron chi connectivity index (χ0n) is 20.9. The Kier molecular flexibility index (Phi) is 7.41. The first kappa shape index (κ1) is 25.2. The number of halogens is 1. The van der Waals surface area contributed by atoms with E-state index in [4.69, 9.17) is 9.47 Å². The fourth-order valence-electron chi connectivity index (χ4n) is 5.13. The molecule has 196 valence electrons. The standard InChI is InChI=1S/C28H32FN3O5/c1-32-23-11-10-20(14-26(33)30-15-18-5-2-3-8-22(18)29)37-25(23)16-36-24-12-9-19(13-21(24)28(32)35)31-27(34)17-6-4-7-17/h2-3,5,8-9,12-13,17,20,23,25H,4,6-7,10-11,14-16H2,1H3,(H,30,33)(H,31,34)/t20-,23+,25-/m1/s1. The summed E-state index contributed by atoms with van der Waals surface area (Å²) in [6, 6.07) is 11.3. The predicted molar refractivity (Wildman–Crippen MR) is 135 cm³/mol. The van der Waals surface area contributed by atoms with Crippen LogP contribution in [-0.4, -0.2) is 54.5 Å². The zero-order chi connectivity index (χ0) is 25.9. The van der Waals surface area contributed by atoms with Gasteiger partial charge in [-0.15, -0.1) is 0 Å². The Hall–Kier alpha value is -3.46. The maximum atomic E-state index is 13.8. The van der Waals surface area contributed by atoms with Crippen LogP contribution in [-0.2, 0) is 20.9 Å². The molecular formula is C28H32FN3O5.